The first-order valence-electron chi connectivity index (χ1n) is 15.0. The Balaban J connectivity index is 1.29. The lowest BCUT2D eigenvalue weighted by molar-refractivity contribution is 0.668. The number of fused-ring (bicyclic) bond motifs is 10. The lowest BCUT2D eigenvalue weighted by atomic mass is 9.86. The Morgan fingerprint density at radius 3 is 1.57 bits per heavy atom. The summed E-state index contributed by atoms with van der Waals surface area (Å²) < 4.78 is 12.7. The molecule has 0 atom stereocenters. The maximum Gasteiger partial charge on any atom is 0.136 e. The van der Waals surface area contributed by atoms with Crippen molar-refractivity contribution in [3.8, 4) is 22.3 Å². The van der Waals surface area contributed by atoms with E-state index in [4.69, 9.17) is 8.83 Å². The first-order valence-corrected chi connectivity index (χ1v) is 15.0. The summed E-state index contributed by atoms with van der Waals surface area (Å²) in [5.74, 6) is 0. The van der Waals surface area contributed by atoms with Crippen molar-refractivity contribution in [2.75, 3.05) is 0 Å². The van der Waals surface area contributed by atoms with Gasteiger partial charge in [0.05, 0.1) is 0 Å². The molecule has 0 aliphatic rings. The summed E-state index contributed by atoms with van der Waals surface area (Å²) in [5.41, 5.74) is 8.53. The van der Waals surface area contributed by atoms with E-state index >= 15 is 0 Å². The van der Waals surface area contributed by atoms with Crippen LogP contribution in [0.25, 0.3) is 98.4 Å². The molecule has 0 N–H and O–H groups in total. The van der Waals surface area contributed by atoms with Crippen molar-refractivity contribution < 1.29 is 8.83 Å². The maximum absolute atomic E-state index is 6.46. The minimum absolute atomic E-state index is 0.891. The van der Waals surface area contributed by atoms with Gasteiger partial charge >= 0.3 is 0 Å². The Hall–Kier alpha value is -5.86. The third kappa shape index (κ3) is 3.25. The molecule has 0 saturated heterocycles. The summed E-state index contributed by atoms with van der Waals surface area (Å²) in [6.07, 6.45) is 0. The highest BCUT2D eigenvalue weighted by Crippen LogP contribution is 2.45. The van der Waals surface area contributed by atoms with E-state index in [1.807, 2.05) is 12.1 Å². The van der Waals surface area contributed by atoms with Gasteiger partial charge in [-0.1, -0.05) is 109 Å². The van der Waals surface area contributed by atoms with Crippen LogP contribution in [0, 0.1) is 0 Å². The zero-order chi connectivity index (χ0) is 28.8. The number of hydrogen-bond acceptors (Lipinski definition) is 2. The third-order valence-corrected chi connectivity index (χ3v) is 9.23. The Morgan fingerprint density at radius 1 is 0.295 bits per heavy atom. The number of benzene rings is 8. The molecule has 44 heavy (non-hydrogen) atoms. The van der Waals surface area contributed by atoms with Gasteiger partial charge in [0.15, 0.2) is 0 Å². The topological polar surface area (TPSA) is 26.3 Å². The second kappa shape index (κ2) is 8.82. The van der Waals surface area contributed by atoms with Crippen molar-refractivity contribution in [2.45, 2.75) is 0 Å². The van der Waals surface area contributed by atoms with Crippen molar-refractivity contribution in [3.63, 3.8) is 0 Å². The quantitative estimate of drug-likeness (QED) is 0.197. The Labute approximate surface area is 252 Å². The number of furan rings is 2. The van der Waals surface area contributed by atoms with Crippen LogP contribution in [-0.2, 0) is 0 Å². The molecule has 2 heterocycles. The highest BCUT2D eigenvalue weighted by molar-refractivity contribution is 6.24. The normalized spacial score (nSPS) is 12.1. The van der Waals surface area contributed by atoms with E-state index in [-0.39, 0.29) is 0 Å². The number of rotatable bonds is 2. The van der Waals surface area contributed by atoms with Gasteiger partial charge in [-0.3, -0.25) is 0 Å². The predicted molar refractivity (Wildman–Crippen MR) is 184 cm³/mol. The Kier molecular flexibility index (Phi) is 4.75. The Bertz CT molecular complexity index is 2700. The average Bonchev–Trinajstić information content (AvgIpc) is 3.64. The number of hydrogen-bond donors (Lipinski definition) is 0. The lowest BCUT2D eigenvalue weighted by Crippen LogP contribution is -1.90. The molecule has 8 aromatic carbocycles. The molecule has 0 fully saturated rings. The van der Waals surface area contributed by atoms with Crippen LogP contribution in [0.4, 0.5) is 0 Å². The molecule has 0 aliphatic carbocycles. The molecule has 0 amide bonds. The van der Waals surface area contributed by atoms with Crippen LogP contribution < -0.4 is 0 Å². The van der Waals surface area contributed by atoms with Crippen LogP contribution in [0.1, 0.15) is 0 Å². The molecular weight excluding hydrogens is 536 g/mol. The van der Waals surface area contributed by atoms with Crippen molar-refractivity contribution in [1.29, 1.82) is 0 Å². The second-order valence-electron chi connectivity index (χ2n) is 11.6. The minimum Gasteiger partial charge on any atom is -0.456 e. The first-order chi connectivity index (χ1) is 21.8. The fraction of sp³-hybridized carbons (Fsp3) is 0. The van der Waals surface area contributed by atoms with Gasteiger partial charge in [0.25, 0.3) is 0 Å². The molecule has 2 nitrogen and oxygen atoms in total. The molecule has 0 radical (unpaired) electrons. The second-order valence-corrected chi connectivity index (χ2v) is 11.6. The average molecular weight is 561 g/mol. The summed E-state index contributed by atoms with van der Waals surface area (Å²) in [6.45, 7) is 0. The highest BCUT2D eigenvalue weighted by atomic mass is 16.3. The summed E-state index contributed by atoms with van der Waals surface area (Å²) in [6, 6.07) is 52.0. The molecule has 204 valence electrons. The van der Waals surface area contributed by atoms with Gasteiger partial charge in [0.2, 0.25) is 0 Å². The van der Waals surface area contributed by atoms with Crippen LogP contribution >= 0.6 is 0 Å². The fourth-order valence-corrected chi connectivity index (χ4v) is 7.33. The van der Waals surface area contributed by atoms with E-state index in [1.165, 1.54) is 49.2 Å². The summed E-state index contributed by atoms with van der Waals surface area (Å²) in [4.78, 5) is 0. The van der Waals surface area contributed by atoms with E-state index in [1.54, 1.807) is 0 Å². The minimum atomic E-state index is 0.891. The van der Waals surface area contributed by atoms with Crippen molar-refractivity contribution >= 4 is 76.2 Å². The van der Waals surface area contributed by atoms with Crippen LogP contribution in [0.2, 0.25) is 0 Å². The predicted octanol–water partition coefficient (Wildman–Crippen LogP) is 12.3. The zero-order valence-corrected chi connectivity index (χ0v) is 23.7. The molecule has 0 unspecified atom stereocenters. The first kappa shape index (κ1) is 23.7. The molecule has 0 spiro atoms. The van der Waals surface area contributed by atoms with Gasteiger partial charge in [-0.15, -0.1) is 0 Å². The molecule has 2 aromatic heterocycles. The maximum atomic E-state index is 6.46. The highest BCUT2D eigenvalue weighted by Gasteiger charge is 2.18. The summed E-state index contributed by atoms with van der Waals surface area (Å²) in [5, 5.41) is 11.8. The molecule has 0 aliphatic heterocycles. The van der Waals surface area contributed by atoms with E-state index < -0.39 is 0 Å². The standard InChI is InChI=1S/C42H24O2/c1-2-10-25(11-3-1)40-28-12-4-6-14-30(28)41(31-15-7-5-13-29(31)40)27-19-20-37-34(22-27)35-24-33-26(23-39(35)44-37)18-21-38-42(33)32-16-8-9-17-36(32)43-38/h1-24H. The number of para-hydroxylation sites is 1. The zero-order valence-electron chi connectivity index (χ0n) is 23.7. The molecule has 10 aromatic rings. The van der Waals surface area contributed by atoms with Gasteiger partial charge in [-0.05, 0) is 91.0 Å². The Morgan fingerprint density at radius 2 is 0.841 bits per heavy atom. The van der Waals surface area contributed by atoms with Gasteiger partial charge in [-0.2, -0.15) is 0 Å². The van der Waals surface area contributed by atoms with Gasteiger partial charge < -0.3 is 8.83 Å². The third-order valence-electron chi connectivity index (χ3n) is 9.23. The van der Waals surface area contributed by atoms with Crippen LogP contribution in [-0.4, -0.2) is 0 Å². The summed E-state index contributed by atoms with van der Waals surface area (Å²) in [7, 11) is 0. The van der Waals surface area contributed by atoms with Crippen LogP contribution in [0.3, 0.4) is 0 Å². The molecule has 0 bridgehead atoms. The SMILES string of the molecule is c1ccc(-c2c3ccccc3c(-c3ccc4oc5cc6ccc7oc8ccccc8c7c6cc5c4c3)c3ccccc23)cc1. The van der Waals surface area contributed by atoms with Crippen LogP contribution in [0.15, 0.2) is 154 Å². The van der Waals surface area contributed by atoms with Crippen molar-refractivity contribution in [3.05, 3.63) is 146 Å². The monoisotopic (exact) mass is 560 g/mol. The molecular formula is C42H24O2. The summed E-state index contributed by atoms with van der Waals surface area (Å²) >= 11 is 0. The lowest BCUT2D eigenvalue weighted by Gasteiger charge is -2.17. The van der Waals surface area contributed by atoms with Crippen molar-refractivity contribution in [1.82, 2.24) is 0 Å². The van der Waals surface area contributed by atoms with Gasteiger partial charge in [-0.25, -0.2) is 0 Å². The van der Waals surface area contributed by atoms with Gasteiger partial charge in [0, 0.05) is 21.5 Å². The van der Waals surface area contributed by atoms with E-state index in [0.717, 1.165) is 49.3 Å². The van der Waals surface area contributed by atoms with E-state index in [2.05, 4.69) is 133 Å². The smallest absolute Gasteiger partial charge is 0.136 e. The molecule has 10 rings (SSSR count). The largest absolute Gasteiger partial charge is 0.456 e. The van der Waals surface area contributed by atoms with Crippen molar-refractivity contribution in [2.24, 2.45) is 0 Å². The van der Waals surface area contributed by atoms with Crippen LogP contribution in [0.5, 0.6) is 0 Å². The van der Waals surface area contributed by atoms with E-state index in [9.17, 15) is 0 Å². The molecule has 2 heteroatoms. The fourth-order valence-electron chi connectivity index (χ4n) is 7.33. The molecule has 0 saturated carbocycles. The van der Waals surface area contributed by atoms with Gasteiger partial charge in [0.1, 0.15) is 22.3 Å². The van der Waals surface area contributed by atoms with E-state index in [0.29, 0.717) is 0 Å².